The van der Waals surface area contributed by atoms with E-state index in [1.807, 2.05) is 0 Å². The Morgan fingerprint density at radius 1 is 1.44 bits per heavy atom. The fourth-order valence-corrected chi connectivity index (χ4v) is 2.62. The highest BCUT2D eigenvalue weighted by Crippen LogP contribution is 2.39. The number of anilines is 1. The van der Waals surface area contributed by atoms with E-state index in [0.717, 1.165) is 12.8 Å². The Kier molecular flexibility index (Phi) is 3.11. The van der Waals surface area contributed by atoms with Crippen LogP contribution in [0.5, 0.6) is 0 Å². The van der Waals surface area contributed by atoms with Gasteiger partial charge in [-0.1, -0.05) is 31.5 Å². The van der Waals surface area contributed by atoms with Gasteiger partial charge >= 0.3 is 0 Å². The molecule has 1 aliphatic carbocycles. The molecule has 0 aromatic heterocycles. The molecule has 3 heteroatoms. The summed E-state index contributed by atoms with van der Waals surface area (Å²) in [4.78, 5) is 0. The lowest BCUT2D eigenvalue weighted by atomic mass is 9.92. The topological polar surface area (TPSA) is 12.0 Å². The molecule has 1 N–H and O–H groups in total. The van der Waals surface area contributed by atoms with E-state index in [9.17, 15) is 4.39 Å². The highest BCUT2D eigenvalue weighted by Gasteiger charge is 2.31. The van der Waals surface area contributed by atoms with Crippen LogP contribution in [0.1, 0.15) is 33.1 Å². The molecule has 0 saturated heterocycles. The van der Waals surface area contributed by atoms with Crippen molar-refractivity contribution in [2.24, 2.45) is 5.41 Å². The third-order valence-electron chi connectivity index (χ3n) is 3.28. The van der Waals surface area contributed by atoms with Crippen molar-refractivity contribution in [3.05, 3.63) is 29.0 Å². The molecule has 1 aliphatic rings. The van der Waals surface area contributed by atoms with E-state index in [1.54, 1.807) is 12.1 Å². The molecule has 0 spiro atoms. The van der Waals surface area contributed by atoms with Crippen molar-refractivity contribution in [1.29, 1.82) is 0 Å². The van der Waals surface area contributed by atoms with Crippen molar-refractivity contribution in [2.45, 2.75) is 39.2 Å². The average Bonchev–Trinajstić information content (AvgIpc) is 2.52. The van der Waals surface area contributed by atoms with Crippen molar-refractivity contribution >= 4 is 17.3 Å². The number of halogens is 2. The van der Waals surface area contributed by atoms with Crippen LogP contribution >= 0.6 is 11.6 Å². The first-order chi connectivity index (χ1) is 7.48. The minimum atomic E-state index is -0.266. The molecule has 1 aromatic carbocycles. The monoisotopic (exact) mass is 241 g/mol. The molecule has 1 fully saturated rings. The van der Waals surface area contributed by atoms with Crippen molar-refractivity contribution in [1.82, 2.24) is 0 Å². The Balaban J connectivity index is 2.11. The van der Waals surface area contributed by atoms with Gasteiger partial charge in [0.15, 0.2) is 0 Å². The molecule has 0 aliphatic heterocycles. The molecular weight excluding hydrogens is 225 g/mol. The fraction of sp³-hybridized carbons (Fsp3) is 0.538. The van der Waals surface area contributed by atoms with E-state index in [0.29, 0.717) is 22.2 Å². The van der Waals surface area contributed by atoms with Crippen LogP contribution in [-0.4, -0.2) is 6.04 Å². The second-order valence-corrected chi connectivity index (χ2v) is 5.75. The van der Waals surface area contributed by atoms with Gasteiger partial charge in [0.1, 0.15) is 5.82 Å². The number of rotatable bonds is 2. The second kappa shape index (κ2) is 4.25. The maximum absolute atomic E-state index is 13.5. The third kappa shape index (κ3) is 2.49. The minimum absolute atomic E-state index is 0.266. The van der Waals surface area contributed by atoms with E-state index >= 15 is 0 Å². The highest BCUT2D eigenvalue weighted by molar-refractivity contribution is 6.33. The molecule has 0 amide bonds. The standard InChI is InChI=1S/C13H17ClFN/c1-13(2)7-6-9(8-13)16-12-10(14)4-3-5-11(12)15/h3-5,9,16H,6-8H2,1-2H3. The van der Waals surface area contributed by atoms with Crippen LogP contribution in [0.2, 0.25) is 5.02 Å². The largest absolute Gasteiger partial charge is 0.379 e. The molecule has 16 heavy (non-hydrogen) atoms. The van der Waals surface area contributed by atoms with Crippen LogP contribution in [0.4, 0.5) is 10.1 Å². The van der Waals surface area contributed by atoms with E-state index < -0.39 is 0 Å². The number of nitrogens with one attached hydrogen (secondary N) is 1. The van der Waals surface area contributed by atoms with E-state index in [2.05, 4.69) is 19.2 Å². The summed E-state index contributed by atoms with van der Waals surface area (Å²) in [5, 5.41) is 3.69. The lowest BCUT2D eigenvalue weighted by Gasteiger charge is -2.19. The van der Waals surface area contributed by atoms with Crippen LogP contribution in [0, 0.1) is 11.2 Å². The van der Waals surface area contributed by atoms with Crippen LogP contribution in [-0.2, 0) is 0 Å². The smallest absolute Gasteiger partial charge is 0.147 e. The maximum Gasteiger partial charge on any atom is 0.147 e. The number of benzene rings is 1. The molecule has 2 rings (SSSR count). The SMILES string of the molecule is CC1(C)CCC(Nc2c(F)cccc2Cl)C1. The molecule has 1 atom stereocenters. The zero-order chi connectivity index (χ0) is 11.8. The zero-order valence-electron chi connectivity index (χ0n) is 9.69. The lowest BCUT2D eigenvalue weighted by molar-refractivity contribution is 0.378. The van der Waals surface area contributed by atoms with Crippen molar-refractivity contribution in [3.63, 3.8) is 0 Å². The third-order valence-corrected chi connectivity index (χ3v) is 3.59. The summed E-state index contributed by atoms with van der Waals surface area (Å²) in [5.41, 5.74) is 0.807. The summed E-state index contributed by atoms with van der Waals surface area (Å²) < 4.78 is 13.5. The van der Waals surface area contributed by atoms with Crippen molar-refractivity contribution in [2.75, 3.05) is 5.32 Å². The molecule has 0 radical (unpaired) electrons. The van der Waals surface area contributed by atoms with Gasteiger partial charge in [-0.05, 0) is 36.8 Å². The van der Waals surface area contributed by atoms with Gasteiger partial charge in [-0.2, -0.15) is 0 Å². The summed E-state index contributed by atoms with van der Waals surface area (Å²) in [6, 6.07) is 5.12. The first-order valence-electron chi connectivity index (χ1n) is 5.68. The Morgan fingerprint density at radius 3 is 2.75 bits per heavy atom. The van der Waals surface area contributed by atoms with E-state index in [1.165, 1.54) is 12.5 Å². The number of hydrogen-bond acceptors (Lipinski definition) is 1. The fourth-order valence-electron chi connectivity index (χ4n) is 2.40. The van der Waals surface area contributed by atoms with Crippen LogP contribution in [0.25, 0.3) is 0 Å². The minimum Gasteiger partial charge on any atom is -0.379 e. The average molecular weight is 242 g/mol. The van der Waals surface area contributed by atoms with E-state index in [4.69, 9.17) is 11.6 Å². The normalized spacial score (nSPS) is 23.4. The summed E-state index contributed by atoms with van der Waals surface area (Å²) in [6.07, 6.45) is 3.33. The molecule has 1 aromatic rings. The van der Waals surface area contributed by atoms with Gasteiger partial charge in [-0.15, -0.1) is 0 Å². The Hall–Kier alpha value is -0.760. The Bertz CT molecular complexity index is 369. The quantitative estimate of drug-likeness (QED) is 0.806. The molecule has 0 bridgehead atoms. The predicted molar refractivity (Wildman–Crippen MR) is 66.5 cm³/mol. The van der Waals surface area contributed by atoms with Gasteiger partial charge in [0.2, 0.25) is 0 Å². The Labute approximate surface area is 101 Å². The van der Waals surface area contributed by atoms with E-state index in [-0.39, 0.29) is 5.82 Å². The lowest BCUT2D eigenvalue weighted by Crippen LogP contribution is -2.18. The molecule has 1 saturated carbocycles. The molecule has 0 heterocycles. The van der Waals surface area contributed by atoms with Gasteiger partial charge in [0.25, 0.3) is 0 Å². The van der Waals surface area contributed by atoms with Crippen molar-refractivity contribution in [3.8, 4) is 0 Å². The second-order valence-electron chi connectivity index (χ2n) is 5.34. The molecule has 88 valence electrons. The van der Waals surface area contributed by atoms with Crippen molar-refractivity contribution < 1.29 is 4.39 Å². The van der Waals surface area contributed by atoms with Crippen LogP contribution in [0.15, 0.2) is 18.2 Å². The number of hydrogen-bond donors (Lipinski definition) is 1. The first-order valence-corrected chi connectivity index (χ1v) is 6.06. The summed E-state index contributed by atoms with van der Waals surface area (Å²) in [7, 11) is 0. The highest BCUT2D eigenvalue weighted by atomic mass is 35.5. The molecular formula is C13H17ClFN. The summed E-state index contributed by atoms with van der Waals surface area (Å²) in [6.45, 7) is 4.50. The van der Waals surface area contributed by atoms with Crippen LogP contribution < -0.4 is 5.32 Å². The molecule has 1 unspecified atom stereocenters. The van der Waals surface area contributed by atoms with Gasteiger partial charge in [0.05, 0.1) is 10.7 Å². The van der Waals surface area contributed by atoms with Gasteiger partial charge < -0.3 is 5.32 Å². The molecule has 1 nitrogen and oxygen atoms in total. The summed E-state index contributed by atoms with van der Waals surface area (Å²) >= 11 is 5.98. The zero-order valence-corrected chi connectivity index (χ0v) is 10.4. The predicted octanol–water partition coefficient (Wildman–Crippen LogP) is 4.47. The van der Waals surface area contributed by atoms with Gasteiger partial charge in [-0.3, -0.25) is 0 Å². The number of para-hydroxylation sites is 1. The Morgan fingerprint density at radius 2 is 2.19 bits per heavy atom. The van der Waals surface area contributed by atoms with Crippen LogP contribution in [0.3, 0.4) is 0 Å². The van der Waals surface area contributed by atoms with Gasteiger partial charge in [-0.25, -0.2) is 4.39 Å². The maximum atomic E-state index is 13.5. The van der Waals surface area contributed by atoms with Gasteiger partial charge in [0, 0.05) is 6.04 Å². The first kappa shape index (κ1) is 11.7. The summed E-state index contributed by atoms with van der Waals surface area (Å²) in [5.74, 6) is -0.266.